The maximum Gasteiger partial charge on any atom is 0.256 e. The fourth-order valence-electron chi connectivity index (χ4n) is 4.78. The van der Waals surface area contributed by atoms with E-state index < -0.39 is 0 Å². The summed E-state index contributed by atoms with van der Waals surface area (Å²) in [4.78, 5) is 17.9. The van der Waals surface area contributed by atoms with Crippen LogP contribution >= 0.6 is 11.6 Å². The predicted molar refractivity (Wildman–Crippen MR) is 136 cm³/mol. The predicted octanol–water partition coefficient (Wildman–Crippen LogP) is 5.28. The quantitative estimate of drug-likeness (QED) is 0.538. The van der Waals surface area contributed by atoms with Crippen LogP contribution in [0.5, 0.6) is 11.5 Å². The second-order valence-electron chi connectivity index (χ2n) is 10.2. The van der Waals surface area contributed by atoms with Gasteiger partial charge in [0.2, 0.25) is 0 Å². The molecule has 2 aromatic carbocycles. The molecule has 35 heavy (non-hydrogen) atoms. The Balaban J connectivity index is 1.52. The number of amides is 1. The van der Waals surface area contributed by atoms with E-state index >= 15 is 0 Å². The van der Waals surface area contributed by atoms with Gasteiger partial charge in [-0.15, -0.1) is 10.2 Å². The molecule has 0 radical (unpaired) electrons. The summed E-state index contributed by atoms with van der Waals surface area (Å²) in [7, 11) is 1.68. The number of aliphatic imine (C=N–C) groups is 1. The number of ether oxygens (including phenoxy) is 2. The van der Waals surface area contributed by atoms with Crippen molar-refractivity contribution >= 4 is 29.0 Å². The van der Waals surface area contributed by atoms with Gasteiger partial charge in [0.15, 0.2) is 22.5 Å². The standard InChI is InChI=1S/C27H27ClN4O3/c1-26(2)13-17-12-19(34-5)24-18(14-27(3,4)35-24)22(17)23(30-26)15-6-8-16(9-7-15)25(33)29-21-11-10-20(28)31-32-21/h6-12H,13-14H2,1-5H3,(H,29,32,33). The summed E-state index contributed by atoms with van der Waals surface area (Å²) >= 11 is 5.77. The average molecular weight is 491 g/mol. The number of halogens is 1. The van der Waals surface area contributed by atoms with Crippen LogP contribution in [0.25, 0.3) is 0 Å². The highest BCUT2D eigenvalue weighted by Gasteiger charge is 2.39. The fraction of sp³-hybridized carbons (Fsp3) is 0.333. The first-order valence-corrected chi connectivity index (χ1v) is 11.9. The van der Waals surface area contributed by atoms with Crippen LogP contribution in [0.2, 0.25) is 5.15 Å². The summed E-state index contributed by atoms with van der Waals surface area (Å²) in [5.74, 6) is 1.62. The lowest BCUT2D eigenvalue weighted by atomic mass is 9.81. The van der Waals surface area contributed by atoms with E-state index in [-0.39, 0.29) is 22.2 Å². The molecule has 0 atom stereocenters. The number of rotatable bonds is 4. The van der Waals surface area contributed by atoms with Crippen molar-refractivity contribution in [3.63, 3.8) is 0 Å². The van der Waals surface area contributed by atoms with Crippen molar-refractivity contribution in [3.05, 3.63) is 75.4 Å². The molecule has 7 nitrogen and oxygen atoms in total. The first-order valence-electron chi connectivity index (χ1n) is 11.5. The number of hydrogen-bond donors (Lipinski definition) is 1. The Hall–Kier alpha value is -3.45. The van der Waals surface area contributed by atoms with Gasteiger partial charge in [0, 0.05) is 28.7 Å². The number of nitrogens with zero attached hydrogens (tertiary/aromatic N) is 3. The fourth-order valence-corrected chi connectivity index (χ4v) is 4.88. The lowest BCUT2D eigenvalue weighted by Crippen LogP contribution is -2.30. The van der Waals surface area contributed by atoms with Crippen LogP contribution < -0.4 is 14.8 Å². The van der Waals surface area contributed by atoms with Crippen LogP contribution in [0.15, 0.2) is 47.5 Å². The van der Waals surface area contributed by atoms with Crippen LogP contribution in [0.3, 0.4) is 0 Å². The van der Waals surface area contributed by atoms with Crippen molar-refractivity contribution < 1.29 is 14.3 Å². The van der Waals surface area contributed by atoms with Crippen molar-refractivity contribution in [2.24, 2.45) is 4.99 Å². The minimum absolute atomic E-state index is 0.265. The first-order chi connectivity index (χ1) is 16.5. The van der Waals surface area contributed by atoms with E-state index in [9.17, 15) is 4.79 Å². The minimum Gasteiger partial charge on any atom is -0.493 e. The molecule has 180 valence electrons. The van der Waals surface area contributed by atoms with E-state index in [4.69, 9.17) is 26.1 Å². The summed E-state index contributed by atoms with van der Waals surface area (Å²) in [5.41, 5.74) is 5.19. The van der Waals surface area contributed by atoms with Gasteiger partial charge in [-0.1, -0.05) is 23.7 Å². The van der Waals surface area contributed by atoms with Crippen LogP contribution in [-0.2, 0) is 12.8 Å². The van der Waals surface area contributed by atoms with Gasteiger partial charge in [-0.2, -0.15) is 0 Å². The molecular weight excluding hydrogens is 464 g/mol. The molecule has 1 aromatic heterocycles. The van der Waals surface area contributed by atoms with Crippen molar-refractivity contribution in [2.45, 2.75) is 51.7 Å². The molecule has 0 saturated heterocycles. The Morgan fingerprint density at radius 2 is 1.80 bits per heavy atom. The van der Waals surface area contributed by atoms with Crippen molar-refractivity contribution in [1.82, 2.24) is 10.2 Å². The van der Waals surface area contributed by atoms with E-state index in [1.807, 2.05) is 12.1 Å². The summed E-state index contributed by atoms with van der Waals surface area (Å²) in [6.07, 6.45) is 1.57. The number of carbonyl (C=O) groups is 1. The highest BCUT2D eigenvalue weighted by molar-refractivity contribution is 6.29. The Labute approximate surface area is 209 Å². The number of anilines is 1. The van der Waals surface area contributed by atoms with E-state index in [1.165, 1.54) is 5.56 Å². The zero-order valence-corrected chi connectivity index (χ0v) is 21.2. The Morgan fingerprint density at radius 3 is 2.46 bits per heavy atom. The van der Waals surface area contributed by atoms with Crippen LogP contribution in [0.1, 0.15) is 60.3 Å². The third kappa shape index (κ3) is 4.48. The molecule has 0 spiro atoms. The van der Waals surface area contributed by atoms with Crippen LogP contribution in [0, 0.1) is 0 Å². The summed E-state index contributed by atoms with van der Waals surface area (Å²) in [5, 5.41) is 10.6. The van der Waals surface area contributed by atoms with Gasteiger partial charge in [0.25, 0.3) is 5.91 Å². The molecule has 0 bridgehead atoms. The zero-order valence-electron chi connectivity index (χ0n) is 20.4. The molecule has 1 N–H and O–H groups in total. The minimum atomic E-state index is -0.324. The van der Waals surface area contributed by atoms with E-state index in [0.717, 1.165) is 46.7 Å². The monoisotopic (exact) mass is 490 g/mol. The van der Waals surface area contributed by atoms with E-state index in [2.05, 4.69) is 49.3 Å². The molecular formula is C27H27ClN4O3. The number of carbonyl (C=O) groups excluding carboxylic acids is 1. The highest BCUT2D eigenvalue weighted by Crippen LogP contribution is 2.47. The molecule has 5 rings (SSSR count). The third-order valence-corrected chi connectivity index (χ3v) is 6.40. The number of methoxy groups -OCH3 is 1. The van der Waals surface area contributed by atoms with Gasteiger partial charge in [-0.3, -0.25) is 9.79 Å². The molecule has 0 saturated carbocycles. The second kappa shape index (κ2) is 8.34. The molecule has 3 heterocycles. The maximum absolute atomic E-state index is 12.7. The highest BCUT2D eigenvalue weighted by atomic mass is 35.5. The smallest absolute Gasteiger partial charge is 0.256 e. The number of hydrogen-bond acceptors (Lipinski definition) is 6. The van der Waals surface area contributed by atoms with Crippen molar-refractivity contribution in [3.8, 4) is 11.5 Å². The van der Waals surface area contributed by atoms with Crippen molar-refractivity contribution in [1.29, 1.82) is 0 Å². The maximum atomic E-state index is 12.7. The number of benzene rings is 2. The topological polar surface area (TPSA) is 85.7 Å². The van der Waals surface area contributed by atoms with Gasteiger partial charge < -0.3 is 14.8 Å². The normalized spacial score (nSPS) is 17.0. The average Bonchev–Trinajstić information content (AvgIpc) is 3.13. The summed E-state index contributed by atoms with van der Waals surface area (Å²) in [6.45, 7) is 8.43. The largest absolute Gasteiger partial charge is 0.493 e. The molecule has 2 aliphatic heterocycles. The molecule has 0 unspecified atom stereocenters. The molecule has 0 aliphatic carbocycles. The summed E-state index contributed by atoms with van der Waals surface area (Å²) < 4.78 is 12.0. The lowest BCUT2D eigenvalue weighted by Gasteiger charge is -2.31. The lowest BCUT2D eigenvalue weighted by molar-refractivity contribution is 0.102. The molecule has 0 fully saturated rings. The summed E-state index contributed by atoms with van der Waals surface area (Å²) in [6, 6.07) is 12.7. The Morgan fingerprint density at radius 1 is 1.06 bits per heavy atom. The van der Waals surface area contributed by atoms with E-state index in [1.54, 1.807) is 31.4 Å². The van der Waals surface area contributed by atoms with Gasteiger partial charge in [-0.25, -0.2) is 0 Å². The molecule has 1 amide bonds. The number of aromatic nitrogens is 2. The van der Waals surface area contributed by atoms with Gasteiger partial charge >= 0.3 is 0 Å². The van der Waals surface area contributed by atoms with Crippen LogP contribution in [0.4, 0.5) is 5.82 Å². The van der Waals surface area contributed by atoms with Crippen LogP contribution in [-0.4, -0.2) is 40.1 Å². The number of fused-ring (bicyclic) bond motifs is 3. The molecule has 8 heteroatoms. The Bertz CT molecular complexity index is 1350. The van der Waals surface area contributed by atoms with Gasteiger partial charge in [0.05, 0.1) is 18.4 Å². The number of nitrogens with one attached hydrogen (secondary N) is 1. The Kier molecular flexibility index (Phi) is 5.55. The first kappa shape index (κ1) is 23.3. The van der Waals surface area contributed by atoms with Gasteiger partial charge in [0.1, 0.15) is 5.60 Å². The van der Waals surface area contributed by atoms with Crippen molar-refractivity contribution in [2.75, 3.05) is 12.4 Å². The SMILES string of the molecule is COc1cc2c(c3c1OC(C)(C)C3)C(c1ccc(C(=O)Nc3ccc(Cl)nn3)cc1)=NC(C)(C)C2. The second-order valence-corrected chi connectivity index (χ2v) is 10.6. The molecule has 2 aliphatic rings. The van der Waals surface area contributed by atoms with E-state index in [0.29, 0.717) is 11.4 Å². The third-order valence-electron chi connectivity index (χ3n) is 6.20. The zero-order chi connectivity index (χ0) is 25.0. The molecule has 3 aromatic rings. The van der Waals surface area contributed by atoms with Gasteiger partial charge in [-0.05, 0) is 70.0 Å².